The molecule has 66 heavy (non-hydrogen) atoms. The minimum atomic E-state index is -3.48. The molecule has 0 radical (unpaired) electrons. The lowest BCUT2D eigenvalue weighted by Gasteiger charge is -2.28. The SMILES string of the molecule is CNCc1cc(NC(=O)C[C@@H](C)c2cc(C(Nc3ccc4c(N(C(=O)OC(C)(C)C)C(=O)OC(C)(C)C)ncc(F)c4c3)C(=O)O)ccc2OCc2ccccc2)ccc1S(=O)(=O)C1CC1. The number of halogens is 1. The maximum Gasteiger partial charge on any atom is 0.425 e. The van der Waals surface area contributed by atoms with Crippen molar-refractivity contribution >= 4 is 61.9 Å². The fraction of sp³-hybridized carbons (Fsp3) is 0.367. The van der Waals surface area contributed by atoms with Crippen LogP contribution in [0.2, 0.25) is 0 Å². The zero-order chi connectivity index (χ0) is 48.1. The van der Waals surface area contributed by atoms with E-state index < -0.39 is 62.2 Å². The van der Waals surface area contributed by atoms with Crippen molar-refractivity contribution in [2.75, 3.05) is 22.6 Å². The highest BCUT2D eigenvalue weighted by molar-refractivity contribution is 7.92. The van der Waals surface area contributed by atoms with Crippen LogP contribution in [0.1, 0.15) is 102 Å². The van der Waals surface area contributed by atoms with E-state index in [1.54, 1.807) is 78.9 Å². The number of anilines is 3. The van der Waals surface area contributed by atoms with Gasteiger partial charge >= 0.3 is 18.2 Å². The molecule has 4 N–H and O–H groups in total. The van der Waals surface area contributed by atoms with E-state index in [0.717, 1.165) is 11.8 Å². The number of pyridine rings is 1. The van der Waals surface area contributed by atoms with E-state index >= 15 is 4.39 Å². The molecule has 1 aromatic heterocycles. The van der Waals surface area contributed by atoms with Gasteiger partial charge in [-0.3, -0.25) is 4.79 Å². The number of aromatic nitrogens is 1. The first kappa shape index (κ1) is 48.9. The number of carbonyl (C=O) groups is 4. The summed E-state index contributed by atoms with van der Waals surface area (Å²) >= 11 is 0. The summed E-state index contributed by atoms with van der Waals surface area (Å²) in [6, 6.07) is 21.9. The van der Waals surface area contributed by atoms with Crippen LogP contribution in [0.15, 0.2) is 96.0 Å². The van der Waals surface area contributed by atoms with Gasteiger partial charge in [0.15, 0.2) is 21.7 Å². The van der Waals surface area contributed by atoms with Gasteiger partial charge < -0.3 is 35.3 Å². The van der Waals surface area contributed by atoms with Crippen molar-refractivity contribution in [2.45, 2.75) is 114 Å². The van der Waals surface area contributed by atoms with Gasteiger partial charge in [0.1, 0.15) is 29.4 Å². The number of carboxylic acid groups (broad SMARTS) is 1. The Hall–Kier alpha value is -6.59. The molecule has 17 heteroatoms. The molecule has 5 aromatic rings. The van der Waals surface area contributed by atoms with E-state index in [0.29, 0.717) is 40.3 Å². The molecular formula is C49H56FN5O10S. The van der Waals surface area contributed by atoms with Crippen LogP contribution in [0.3, 0.4) is 0 Å². The van der Waals surface area contributed by atoms with Crippen LogP contribution < -0.4 is 25.6 Å². The molecule has 4 aromatic carbocycles. The summed E-state index contributed by atoms with van der Waals surface area (Å²) in [4.78, 5) is 58.5. The summed E-state index contributed by atoms with van der Waals surface area (Å²) in [6.07, 6.45) is -0.165. The lowest BCUT2D eigenvalue weighted by molar-refractivity contribution is -0.138. The maximum atomic E-state index is 15.6. The van der Waals surface area contributed by atoms with Crippen molar-refractivity contribution in [2.24, 2.45) is 0 Å². The highest BCUT2D eigenvalue weighted by Crippen LogP contribution is 2.38. The average molecular weight is 926 g/mol. The Kier molecular flexibility index (Phi) is 14.7. The number of rotatable bonds is 16. The van der Waals surface area contributed by atoms with Crippen molar-refractivity contribution in [3.63, 3.8) is 0 Å². The molecule has 1 saturated carbocycles. The molecule has 350 valence electrons. The van der Waals surface area contributed by atoms with Gasteiger partial charge in [0, 0.05) is 35.1 Å². The molecule has 0 spiro atoms. The minimum absolute atomic E-state index is 0.0379. The Bertz CT molecular complexity index is 2710. The fourth-order valence-corrected chi connectivity index (χ4v) is 9.07. The van der Waals surface area contributed by atoms with Crippen molar-refractivity contribution in [3.8, 4) is 5.75 Å². The van der Waals surface area contributed by atoms with Gasteiger partial charge in [0.2, 0.25) is 5.91 Å². The molecule has 0 bridgehead atoms. The largest absolute Gasteiger partial charge is 0.489 e. The zero-order valence-corrected chi connectivity index (χ0v) is 39.0. The molecule has 1 unspecified atom stereocenters. The average Bonchev–Trinajstić information content (AvgIpc) is 4.09. The number of hydrogen-bond donors (Lipinski definition) is 4. The van der Waals surface area contributed by atoms with E-state index in [1.165, 1.54) is 24.3 Å². The number of nitrogens with one attached hydrogen (secondary N) is 3. The number of benzene rings is 4. The smallest absolute Gasteiger partial charge is 0.425 e. The molecule has 1 fully saturated rings. The summed E-state index contributed by atoms with van der Waals surface area (Å²) in [5.74, 6) is -2.82. The molecule has 1 heterocycles. The Morgan fingerprint density at radius 3 is 2.12 bits per heavy atom. The van der Waals surface area contributed by atoms with Crippen LogP contribution >= 0.6 is 0 Å². The normalized spacial score (nSPS) is 13.9. The minimum Gasteiger partial charge on any atom is -0.489 e. The molecule has 1 aliphatic rings. The van der Waals surface area contributed by atoms with Gasteiger partial charge in [-0.15, -0.1) is 0 Å². The molecule has 0 aliphatic heterocycles. The summed E-state index contributed by atoms with van der Waals surface area (Å²) in [6.45, 7) is 12.0. The summed E-state index contributed by atoms with van der Waals surface area (Å²) < 4.78 is 59.1. The standard InChI is InChI=1S/C49H56FN5O10S/c1-29(22-42(56)53-33-16-21-41(32(23-33)26-51-8)66(61,62)35-17-18-35)37-24-31(14-20-40(37)63-28-30-12-10-9-11-13-30)43(45(57)58)54-34-15-19-36-38(25-34)39(50)27-52-44(36)55(46(59)64-48(2,3)4)47(60)65-49(5,6)7/h9-16,19-21,23-25,27,29,35,43,51,54H,17-18,22,26,28H2,1-8H3,(H,53,56)(H,57,58)/t29-,43?/m1/s1. The number of sulfone groups is 1. The predicted octanol–water partition coefficient (Wildman–Crippen LogP) is 9.66. The predicted molar refractivity (Wildman–Crippen MR) is 249 cm³/mol. The Morgan fingerprint density at radius 2 is 1.52 bits per heavy atom. The molecule has 0 saturated heterocycles. The van der Waals surface area contributed by atoms with Crippen LogP contribution in [-0.4, -0.2) is 66.1 Å². The second kappa shape index (κ2) is 19.9. The lowest BCUT2D eigenvalue weighted by Crippen LogP contribution is -2.44. The second-order valence-electron chi connectivity index (χ2n) is 18.2. The first-order chi connectivity index (χ1) is 31.0. The van der Waals surface area contributed by atoms with Crippen molar-refractivity contribution in [3.05, 3.63) is 119 Å². The number of carboxylic acids is 1. The number of carbonyl (C=O) groups excluding carboxylic acids is 3. The number of fused-ring (bicyclic) bond motifs is 1. The molecule has 3 amide bonds. The monoisotopic (exact) mass is 925 g/mol. The first-order valence-electron chi connectivity index (χ1n) is 21.5. The molecule has 1 aliphatic carbocycles. The van der Waals surface area contributed by atoms with Crippen LogP contribution in [-0.2, 0) is 42.1 Å². The van der Waals surface area contributed by atoms with Crippen molar-refractivity contribution in [1.29, 1.82) is 0 Å². The first-order valence-corrected chi connectivity index (χ1v) is 23.0. The Morgan fingerprint density at radius 1 is 0.864 bits per heavy atom. The number of aliphatic carboxylic acids is 1. The van der Waals surface area contributed by atoms with E-state index in [1.807, 2.05) is 37.3 Å². The number of ether oxygens (including phenoxy) is 3. The topological polar surface area (TPSA) is 203 Å². The third-order valence-corrected chi connectivity index (χ3v) is 12.7. The molecule has 15 nitrogen and oxygen atoms in total. The van der Waals surface area contributed by atoms with E-state index in [-0.39, 0.29) is 58.2 Å². The molecular weight excluding hydrogens is 870 g/mol. The number of nitrogens with zero attached hydrogens (tertiary/aromatic N) is 2. The van der Waals surface area contributed by atoms with Gasteiger partial charge in [-0.2, -0.15) is 4.90 Å². The van der Waals surface area contributed by atoms with E-state index in [2.05, 4.69) is 20.9 Å². The van der Waals surface area contributed by atoms with Crippen LogP contribution in [0, 0.1) is 5.82 Å². The quantitative estimate of drug-likeness (QED) is 0.0729. The second-order valence-corrected chi connectivity index (χ2v) is 20.4. The van der Waals surface area contributed by atoms with Gasteiger partial charge in [-0.25, -0.2) is 32.2 Å². The van der Waals surface area contributed by atoms with Crippen molar-refractivity contribution < 1.29 is 51.3 Å². The van der Waals surface area contributed by atoms with E-state index in [4.69, 9.17) is 14.2 Å². The van der Waals surface area contributed by atoms with Gasteiger partial charge in [0.25, 0.3) is 0 Å². The van der Waals surface area contributed by atoms with Gasteiger partial charge in [0.05, 0.1) is 16.3 Å². The number of amides is 3. The number of hydrogen-bond acceptors (Lipinski definition) is 12. The lowest BCUT2D eigenvalue weighted by atomic mass is 9.92. The fourth-order valence-electron chi connectivity index (χ4n) is 7.20. The highest BCUT2D eigenvalue weighted by Gasteiger charge is 2.38. The maximum absolute atomic E-state index is 15.6. The summed E-state index contributed by atoms with van der Waals surface area (Å²) in [5.41, 5.74) is 0.832. The Labute approximate surface area is 384 Å². The summed E-state index contributed by atoms with van der Waals surface area (Å²) in [7, 11) is -1.77. The van der Waals surface area contributed by atoms with E-state index in [9.17, 15) is 32.7 Å². The molecule has 2 atom stereocenters. The van der Waals surface area contributed by atoms with Crippen LogP contribution in [0.25, 0.3) is 10.8 Å². The molecule has 6 rings (SSSR count). The van der Waals surface area contributed by atoms with Gasteiger partial charge in [-0.1, -0.05) is 43.3 Å². The number of imide groups is 1. The third-order valence-electron chi connectivity index (χ3n) is 10.3. The third kappa shape index (κ3) is 12.2. The Balaban J connectivity index is 1.30. The van der Waals surface area contributed by atoms with Gasteiger partial charge in [-0.05, 0) is 138 Å². The van der Waals surface area contributed by atoms with Crippen LogP contribution in [0.5, 0.6) is 5.75 Å². The summed E-state index contributed by atoms with van der Waals surface area (Å²) in [5, 5.41) is 19.0. The highest BCUT2D eigenvalue weighted by atomic mass is 32.2. The van der Waals surface area contributed by atoms with Crippen LogP contribution in [0.4, 0.5) is 31.2 Å². The van der Waals surface area contributed by atoms with Crippen molar-refractivity contribution in [1.82, 2.24) is 10.3 Å². The zero-order valence-electron chi connectivity index (χ0n) is 38.2.